The largest absolute Gasteiger partial charge is 0.507 e. The van der Waals surface area contributed by atoms with Crippen molar-refractivity contribution in [3.63, 3.8) is 0 Å². The number of ketones is 1. The van der Waals surface area contributed by atoms with E-state index in [1.807, 2.05) is 19.2 Å². The second-order valence-electron chi connectivity index (χ2n) is 4.98. The van der Waals surface area contributed by atoms with Gasteiger partial charge in [-0.25, -0.2) is 0 Å². The summed E-state index contributed by atoms with van der Waals surface area (Å²) in [5.74, 6) is 0.481. The van der Waals surface area contributed by atoms with Crippen LogP contribution in [0.15, 0.2) is 29.3 Å². The van der Waals surface area contributed by atoms with Crippen LogP contribution in [0.2, 0.25) is 0 Å². The summed E-state index contributed by atoms with van der Waals surface area (Å²) in [6.07, 6.45) is 5.32. The Labute approximate surface area is 120 Å². The molecule has 0 aromatic heterocycles. The van der Waals surface area contributed by atoms with E-state index in [0.29, 0.717) is 6.42 Å². The number of phenolic OH excluding ortho intramolecular Hbond substituents is 1. The highest BCUT2D eigenvalue weighted by Crippen LogP contribution is 2.12. The van der Waals surface area contributed by atoms with Gasteiger partial charge in [0.15, 0.2) is 0 Å². The van der Waals surface area contributed by atoms with Gasteiger partial charge >= 0.3 is 0 Å². The van der Waals surface area contributed by atoms with Crippen molar-refractivity contribution in [3.05, 3.63) is 29.8 Å². The average Bonchev–Trinajstić information content (AvgIpc) is 2.42. The number of para-hydroxylation sites is 1. The zero-order chi connectivity index (χ0) is 14.8. The van der Waals surface area contributed by atoms with E-state index in [4.69, 9.17) is 0 Å². The minimum absolute atomic E-state index is 0.224. The van der Waals surface area contributed by atoms with Crippen LogP contribution in [0.3, 0.4) is 0 Å². The molecule has 1 atom stereocenters. The van der Waals surface area contributed by atoms with E-state index in [-0.39, 0.29) is 17.6 Å². The third-order valence-electron chi connectivity index (χ3n) is 3.20. The van der Waals surface area contributed by atoms with Crippen LogP contribution in [-0.2, 0) is 4.79 Å². The van der Waals surface area contributed by atoms with E-state index >= 15 is 0 Å². The molecule has 0 aliphatic rings. The summed E-state index contributed by atoms with van der Waals surface area (Å²) in [5, 5.41) is 12.7. The summed E-state index contributed by atoms with van der Waals surface area (Å²) in [7, 11) is 1.89. The normalized spacial score (nSPS) is 12.7. The molecule has 0 radical (unpaired) electrons. The number of aromatic hydroxyl groups is 1. The smallest absolute Gasteiger partial charge is 0.131 e. The van der Waals surface area contributed by atoms with E-state index in [1.165, 1.54) is 0 Å². The maximum Gasteiger partial charge on any atom is 0.131 e. The second kappa shape index (κ2) is 9.26. The van der Waals surface area contributed by atoms with Crippen molar-refractivity contribution < 1.29 is 9.90 Å². The van der Waals surface area contributed by atoms with Crippen LogP contribution in [-0.4, -0.2) is 36.7 Å². The summed E-state index contributed by atoms with van der Waals surface area (Å²) < 4.78 is 0. The molecule has 0 saturated carbocycles. The topological polar surface area (TPSA) is 61.7 Å². The van der Waals surface area contributed by atoms with Gasteiger partial charge in [0.25, 0.3) is 0 Å². The number of hydrogen-bond acceptors (Lipinski definition) is 4. The van der Waals surface area contributed by atoms with Crippen LogP contribution in [0.5, 0.6) is 5.75 Å². The molecular weight excluding hydrogens is 252 g/mol. The number of benzene rings is 1. The number of phenols is 1. The lowest BCUT2D eigenvalue weighted by Crippen LogP contribution is -2.27. The lowest BCUT2D eigenvalue weighted by Gasteiger charge is -2.13. The fraction of sp³-hybridized carbons (Fsp3) is 0.500. The molecular formula is C16H24N2O2. The Morgan fingerprint density at radius 3 is 2.80 bits per heavy atom. The Morgan fingerprint density at radius 1 is 1.40 bits per heavy atom. The molecule has 0 spiro atoms. The van der Waals surface area contributed by atoms with Gasteiger partial charge in [-0.2, -0.15) is 0 Å². The molecule has 0 bridgehead atoms. The van der Waals surface area contributed by atoms with Crippen LogP contribution >= 0.6 is 0 Å². The van der Waals surface area contributed by atoms with Crippen molar-refractivity contribution in [2.24, 2.45) is 4.99 Å². The molecule has 4 heteroatoms. The molecule has 2 N–H and O–H groups in total. The molecule has 0 saturated heterocycles. The lowest BCUT2D eigenvalue weighted by molar-refractivity contribution is -0.117. The van der Waals surface area contributed by atoms with Crippen molar-refractivity contribution >= 4 is 12.0 Å². The average molecular weight is 276 g/mol. The molecule has 4 nitrogen and oxygen atoms in total. The molecule has 0 aliphatic carbocycles. The molecule has 1 unspecified atom stereocenters. The fourth-order valence-corrected chi connectivity index (χ4v) is 2.05. The van der Waals surface area contributed by atoms with Crippen LogP contribution < -0.4 is 5.32 Å². The summed E-state index contributed by atoms with van der Waals surface area (Å²) in [4.78, 5) is 15.4. The summed E-state index contributed by atoms with van der Waals surface area (Å²) in [6, 6.07) is 7.43. The first kappa shape index (κ1) is 16.4. The first-order chi connectivity index (χ1) is 9.63. The van der Waals surface area contributed by atoms with Gasteiger partial charge in [0.2, 0.25) is 0 Å². The molecule has 1 aromatic carbocycles. The van der Waals surface area contributed by atoms with Crippen LogP contribution in [0.4, 0.5) is 0 Å². The molecule has 20 heavy (non-hydrogen) atoms. The summed E-state index contributed by atoms with van der Waals surface area (Å²) >= 11 is 0. The maximum absolute atomic E-state index is 11.0. The van der Waals surface area contributed by atoms with E-state index in [2.05, 4.69) is 10.3 Å². The van der Waals surface area contributed by atoms with E-state index in [9.17, 15) is 9.90 Å². The highest BCUT2D eigenvalue weighted by atomic mass is 16.3. The van der Waals surface area contributed by atoms with E-state index in [0.717, 1.165) is 31.4 Å². The van der Waals surface area contributed by atoms with E-state index < -0.39 is 0 Å². The van der Waals surface area contributed by atoms with Crippen molar-refractivity contribution in [1.29, 1.82) is 0 Å². The predicted octanol–water partition coefficient (Wildman–Crippen LogP) is 2.55. The van der Waals surface area contributed by atoms with Crippen LogP contribution in [0.25, 0.3) is 0 Å². The summed E-state index contributed by atoms with van der Waals surface area (Å²) in [6.45, 7) is 2.37. The molecule has 1 rings (SSSR count). The Balaban J connectivity index is 2.22. The quantitative estimate of drug-likeness (QED) is 0.538. The molecule has 0 aliphatic heterocycles. The highest BCUT2D eigenvalue weighted by Gasteiger charge is 2.07. The Hall–Kier alpha value is -1.68. The van der Waals surface area contributed by atoms with Gasteiger partial charge < -0.3 is 10.4 Å². The number of nitrogens with one attached hydrogen (secondary N) is 1. The van der Waals surface area contributed by atoms with Crippen molar-refractivity contribution in [2.75, 3.05) is 13.6 Å². The van der Waals surface area contributed by atoms with E-state index in [1.54, 1.807) is 25.3 Å². The predicted molar refractivity (Wildman–Crippen MR) is 82.6 cm³/mol. The molecule has 110 valence electrons. The molecule has 0 fully saturated rings. The number of rotatable bonds is 9. The van der Waals surface area contributed by atoms with Gasteiger partial charge in [-0.3, -0.25) is 9.79 Å². The zero-order valence-corrected chi connectivity index (χ0v) is 12.3. The Kier molecular flexibility index (Phi) is 7.58. The SMILES string of the molecule is CNC(CCCCN=Cc1ccccc1O)CC(C)=O. The zero-order valence-electron chi connectivity index (χ0n) is 12.3. The van der Waals surface area contributed by atoms with Gasteiger partial charge in [-0.05, 0) is 38.9 Å². The maximum atomic E-state index is 11.0. The monoisotopic (exact) mass is 276 g/mol. The molecule has 1 aromatic rings. The highest BCUT2D eigenvalue weighted by molar-refractivity contribution is 5.83. The first-order valence-electron chi connectivity index (χ1n) is 7.08. The number of carbonyl (C=O) groups is 1. The first-order valence-corrected chi connectivity index (χ1v) is 7.08. The lowest BCUT2D eigenvalue weighted by atomic mass is 10.0. The Morgan fingerprint density at radius 2 is 2.15 bits per heavy atom. The van der Waals surface area contributed by atoms with Gasteiger partial charge in [0.05, 0.1) is 0 Å². The number of carbonyl (C=O) groups excluding carboxylic acids is 1. The third-order valence-corrected chi connectivity index (χ3v) is 3.20. The number of Topliss-reactive ketones (excluding diaryl/α,β-unsaturated/α-hetero) is 1. The third kappa shape index (κ3) is 6.48. The number of nitrogens with zero attached hydrogens (tertiary/aromatic N) is 1. The number of aliphatic imine (C=N–C) groups is 1. The van der Waals surface area contributed by atoms with Gasteiger partial charge in [-0.15, -0.1) is 0 Å². The fourth-order valence-electron chi connectivity index (χ4n) is 2.05. The van der Waals surface area contributed by atoms with Crippen molar-refractivity contribution in [2.45, 2.75) is 38.6 Å². The second-order valence-corrected chi connectivity index (χ2v) is 4.98. The van der Waals surface area contributed by atoms with Crippen LogP contribution in [0, 0.1) is 0 Å². The van der Waals surface area contributed by atoms with Gasteiger partial charge in [0.1, 0.15) is 11.5 Å². The number of unbranched alkanes of at least 4 members (excludes halogenated alkanes) is 1. The minimum atomic E-state index is 0.224. The minimum Gasteiger partial charge on any atom is -0.507 e. The molecule has 0 amide bonds. The van der Waals surface area contributed by atoms with Gasteiger partial charge in [-0.1, -0.05) is 18.6 Å². The molecule has 0 heterocycles. The van der Waals surface area contributed by atoms with Crippen molar-refractivity contribution in [1.82, 2.24) is 5.32 Å². The number of hydrogen-bond donors (Lipinski definition) is 2. The van der Waals surface area contributed by atoms with Gasteiger partial charge in [0, 0.05) is 30.8 Å². The van der Waals surface area contributed by atoms with Crippen LogP contribution in [0.1, 0.15) is 38.2 Å². The Bertz CT molecular complexity index is 444. The standard InChI is InChI=1S/C16H24N2O2/c1-13(19)11-15(17-2)8-5-6-10-18-12-14-7-3-4-9-16(14)20/h3-4,7,9,12,15,17,20H,5-6,8,10-11H2,1-2H3. The van der Waals surface area contributed by atoms with Crippen molar-refractivity contribution in [3.8, 4) is 5.75 Å². The summed E-state index contributed by atoms with van der Waals surface area (Å²) in [5.41, 5.74) is 0.747.